The van der Waals surface area contributed by atoms with Gasteiger partial charge in [0.15, 0.2) is 23.2 Å². The summed E-state index contributed by atoms with van der Waals surface area (Å²) in [5.74, 6) is -1.72. The van der Waals surface area contributed by atoms with Crippen LogP contribution in [0, 0.1) is 17.5 Å². The van der Waals surface area contributed by atoms with Gasteiger partial charge in [0, 0.05) is 11.1 Å². The molecule has 0 saturated heterocycles. The standard InChI is InChI=1S/C33H31F3O3/c1-3-5-19-38-31-18-14-25(20-29(31)34)22-11-15-27(16-12-22)39-21-26-13-17-28(33(36)32(26)35)23-7-9-24(10-8-23)30(37)6-4-2/h3,7-18,20,30,37H,1,4-6,19,21H2,2H3. The summed E-state index contributed by atoms with van der Waals surface area (Å²) in [5.41, 5.74) is 2.94. The van der Waals surface area contributed by atoms with E-state index in [1.807, 2.05) is 6.92 Å². The maximum atomic E-state index is 14.9. The quantitative estimate of drug-likeness (QED) is 0.146. The molecule has 39 heavy (non-hydrogen) atoms. The van der Waals surface area contributed by atoms with Gasteiger partial charge in [-0.15, -0.1) is 6.58 Å². The van der Waals surface area contributed by atoms with Crippen molar-refractivity contribution >= 4 is 0 Å². The zero-order chi connectivity index (χ0) is 27.8. The van der Waals surface area contributed by atoms with Gasteiger partial charge in [-0.25, -0.2) is 13.2 Å². The normalized spacial score (nSPS) is 11.7. The molecule has 0 heterocycles. The minimum atomic E-state index is -0.968. The summed E-state index contributed by atoms with van der Waals surface area (Å²) < 4.78 is 55.3. The lowest BCUT2D eigenvalue weighted by Crippen LogP contribution is -2.02. The SMILES string of the molecule is C=CCCOc1ccc(-c2ccc(OCc3ccc(-c4ccc(C(O)CCC)cc4)c(F)c3F)cc2)cc1F. The Hall–Kier alpha value is -4.03. The Labute approximate surface area is 227 Å². The molecule has 0 saturated carbocycles. The molecule has 1 unspecified atom stereocenters. The number of aliphatic hydroxyl groups excluding tert-OH is 1. The van der Waals surface area contributed by atoms with Crippen LogP contribution in [-0.2, 0) is 6.61 Å². The Morgan fingerprint density at radius 1 is 0.821 bits per heavy atom. The van der Waals surface area contributed by atoms with Crippen LogP contribution < -0.4 is 9.47 Å². The van der Waals surface area contributed by atoms with Crippen molar-refractivity contribution in [3.05, 3.63) is 120 Å². The molecule has 0 spiro atoms. The van der Waals surface area contributed by atoms with Gasteiger partial charge in [-0.3, -0.25) is 0 Å². The van der Waals surface area contributed by atoms with E-state index in [2.05, 4.69) is 6.58 Å². The van der Waals surface area contributed by atoms with Gasteiger partial charge in [-0.1, -0.05) is 74.0 Å². The first-order valence-electron chi connectivity index (χ1n) is 12.9. The molecule has 3 nitrogen and oxygen atoms in total. The molecular weight excluding hydrogens is 501 g/mol. The lowest BCUT2D eigenvalue weighted by molar-refractivity contribution is 0.166. The van der Waals surface area contributed by atoms with Gasteiger partial charge in [0.1, 0.15) is 12.4 Å². The fourth-order valence-corrected chi connectivity index (χ4v) is 4.20. The number of aliphatic hydroxyl groups is 1. The smallest absolute Gasteiger partial charge is 0.167 e. The van der Waals surface area contributed by atoms with E-state index in [9.17, 15) is 18.3 Å². The molecule has 4 aromatic carbocycles. The van der Waals surface area contributed by atoms with Crippen molar-refractivity contribution in [3.8, 4) is 33.8 Å². The molecule has 1 N–H and O–H groups in total. The molecule has 0 aromatic heterocycles. The average Bonchev–Trinajstić information content (AvgIpc) is 2.95. The van der Waals surface area contributed by atoms with Crippen molar-refractivity contribution in [1.82, 2.24) is 0 Å². The fraction of sp³-hybridized carbons (Fsp3) is 0.212. The lowest BCUT2D eigenvalue weighted by atomic mass is 9.98. The Morgan fingerprint density at radius 2 is 1.51 bits per heavy atom. The van der Waals surface area contributed by atoms with Gasteiger partial charge >= 0.3 is 0 Å². The third-order valence-corrected chi connectivity index (χ3v) is 6.42. The monoisotopic (exact) mass is 532 g/mol. The summed E-state index contributed by atoms with van der Waals surface area (Å²) in [6.07, 6.45) is 3.24. The molecule has 0 aliphatic rings. The molecule has 4 rings (SSSR count). The highest BCUT2D eigenvalue weighted by molar-refractivity contribution is 5.66. The zero-order valence-electron chi connectivity index (χ0n) is 21.8. The molecule has 6 heteroatoms. The minimum Gasteiger partial charge on any atom is -0.490 e. The lowest BCUT2D eigenvalue weighted by Gasteiger charge is -2.13. The van der Waals surface area contributed by atoms with E-state index in [4.69, 9.17) is 9.47 Å². The molecule has 0 radical (unpaired) electrons. The van der Waals surface area contributed by atoms with E-state index in [1.54, 1.807) is 66.7 Å². The third kappa shape index (κ3) is 6.89. The Bertz CT molecular complexity index is 1400. The van der Waals surface area contributed by atoms with Gasteiger partial charge in [0.05, 0.1) is 12.7 Å². The van der Waals surface area contributed by atoms with E-state index in [0.717, 1.165) is 17.5 Å². The van der Waals surface area contributed by atoms with Crippen molar-refractivity contribution in [2.75, 3.05) is 6.61 Å². The molecule has 202 valence electrons. The Balaban J connectivity index is 1.40. The largest absolute Gasteiger partial charge is 0.490 e. The van der Waals surface area contributed by atoms with Crippen LogP contribution in [0.2, 0.25) is 0 Å². The second-order valence-electron chi connectivity index (χ2n) is 9.21. The fourth-order valence-electron chi connectivity index (χ4n) is 4.20. The number of rotatable bonds is 12. The number of ether oxygens (including phenoxy) is 2. The van der Waals surface area contributed by atoms with Crippen molar-refractivity contribution in [3.63, 3.8) is 0 Å². The molecule has 1 atom stereocenters. The van der Waals surface area contributed by atoms with Crippen LogP contribution in [-0.4, -0.2) is 11.7 Å². The van der Waals surface area contributed by atoms with Crippen LogP contribution in [0.5, 0.6) is 11.5 Å². The molecule has 0 bridgehead atoms. The van der Waals surface area contributed by atoms with E-state index >= 15 is 0 Å². The second-order valence-corrected chi connectivity index (χ2v) is 9.21. The van der Waals surface area contributed by atoms with E-state index in [1.165, 1.54) is 18.2 Å². The molecule has 0 aliphatic carbocycles. The van der Waals surface area contributed by atoms with Gasteiger partial charge in [0.2, 0.25) is 0 Å². The van der Waals surface area contributed by atoms with E-state index < -0.39 is 23.6 Å². The van der Waals surface area contributed by atoms with Crippen LogP contribution in [0.3, 0.4) is 0 Å². The van der Waals surface area contributed by atoms with Gasteiger partial charge < -0.3 is 14.6 Å². The summed E-state index contributed by atoms with van der Waals surface area (Å²) in [6.45, 7) is 5.80. The summed E-state index contributed by atoms with van der Waals surface area (Å²) in [6, 6.07) is 21.5. The summed E-state index contributed by atoms with van der Waals surface area (Å²) in [4.78, 5) is 0. The summed E-state index contributed by atoms with van der Waals surface area (Å²) in [5, 5.41) is 10.1. The van der Waals surface area contributed by atoms with Crippen LogP contribution in [0.15, 0.2) is 91.5 Å². The van der Waals surface area contributed by atoms with Gasteiger partial charge in [-0.2, -0.15) is 0 Å². The van der Waals surface area contributed by atoms with Crippen molar-refractivity contribution in [1.29, 1.82) is 0 Å². The maximum absolute atomic E-state index is 14.9. The number of hydrogen-bond acceptors (Lipinski definition) is 3. The first kappa shape index (κ1) is 28.0. The number of benzene rings is 4. The van der Waals surface area contributed by atoms with Crippen LogP contribution in [0.4, 0.5) is 13.2 Å². The highest BCUT2D eigenvalue weighted by Crippen LogP contribution is 2.30. The predicted molar refractivity (Wildman–Crippen MR) is 148 cm³/mol. The number of halogens is 3. The summed E-state index contributed by atoms with van der Waals surface area (Å²) >= 11 is 0. The Morgan fingerprint density at radius 3 is 2.18 bits per heavy atom. The zero-order valence-corrected chi connectivity index (χ0v) is 21.8. The van der Waals surface area contributed by atoms with E-state index in [0.29, 0.717) is 36.3 Å². The second kappa shape index (κ2) is 13.2. The van der Waals surface area contributed by atoms with E-state index in [-0.39, 0.29) is 23.5 Å². The van der Waals surface area contributed by atoms with Crippen molar-refractivity contribution in [2.24, 2.45) is 0 Å². The highest BCUT2D eigenvalue weighted by atomic mass is 19.2. The molecule has 0 fully saturated rings. The maximum Gasteiger partial charge on any atom is 0.167 e. The molecular formula is C33H31F3O3. The number of hydrogen-bond donors (Lipinski definition) is 1. The first-order valence-corrected chi connectivity index (χ1v) is 12.9. The van der Waals surface area contributed by atoms with Crippen LogP contribution in [0.1, 0.15) is 43.4 Å². The molecule has 0 amide bonds. The van der Waals surface area contributed by atoms with Crippen LogP contribution >= 0.6 is 0 Å². The topological polar surface area (TPSA) is 38.7 Å². The molecule has 4 aromatic rings. The van der Waals surface area contributed by atoms with Crippen molar-refractivity contribution in [2.45, 2.75) is 38.9 Å². The van der Waals surface area contributed by atoms with Gasteiger partial charge in [0.25, 0.3) is 0 Å². The van der Waals surface area contributed by atoms with Crippen molar-refractivity contribution < 1.29 is 27.8 Å². The molecule has 0 aliphatic heterocycles. The average molecular weight is 533 g/mol. The van der Waals surface area contributed by atoms with Gasteiger partial charge in [-0.05, 0) is 59.4 Å². The predicted octanol–water partition coefficient (Wildman–Crippen LogP) is 8.81. The minimum absolute atomic E-state index is 0.0874. The van der Waals surface area contributed by atoms with Crippen LogP contribution in [0.25, 0.3) is 22.3 Å². The first-order chi connectivity index (χ1) is 18.9. The third-order valence-electron chi connectivity index (χ3n) is 6.42. The highest BCUT2D eigenvalue weighted by Gasteiger charge is 2.16. The summed E-state index contributed by atoms with van der Waals surface area (Å²) in [7, 11) is 0. The Kier molecular flexibility index (Phi) is 9.45.